The van der Waals surface area contributed by atoms with Crippen LogP contribution in [0.2, 0.25) is 5.02 Å². The van der Waals surface area contributed by atoms with E-state index in [4.69, 9.17) is 16.3 Å². The molecule has 0 radical (unpaired) electrons. The van der Waals surface area contributed by atoms with E-state index in [1.165, 1.54) is 0 Å². The first kappa shape index (κ1) is 16.5. The van der Waals surface area contributed by atoms with Gasteiger partial charge in [-0.05, 0) is 25.5 Å². The van der Waals surface area contributed by atoms with Crippen LogP contribution in [0.1, 0.15) is 43.5 Å². The van der Waals surface area contributed by atoms with Crippen molar-refractivity contribution in [2.24, 2.45) is 0 Å². The maximum atomic E-state index is 11.9. The van der Waals surface area contributed by atoms with Gasteiger partial charge in [0.25, 0.3) is 5.91 Å². The lowest BCUT2D eigenvalue weighted by molar-refractivity contribution is -0.127. The summed E-state index contributed by atoms with van der Waals surface area (Å²) < 4.78 is 5.51. The lowest BCUT2D eigenvalue weighted by Gasteiger charge is -2.16. The summed E-state index contributed by atoms with van der Waals surface area (Å²) in [4.78, 5) is 22.8. The highest BCUT2D eigenvalue weighted by molar-refractivity contribution is 6.32. The minimum atomic E-state index is -0.699. The SMILES string of the molecule is CCCCCNC(=O)C(C)Oc1c(Cl)cccc1C=O. The Labute approximate surface area is 124 Å². The molecule has 0 fully saturated rings. The quantitative estimate of drug-likeness (QED) is 0.592. The molecule has 110 valence electrons. The van der Waals surface area contributed by atoms with Crippen molar-refractivity contribution in [2.75, 3.05) is 6.54 Å². The van der Waals surface area contributed by atoms with Gasteiger partial charge >= 0.3 is 0 Å². The third-order valence-corrected chi connectivity index (χ3v) is 3.17. The molecule has 0 aliphatic heterocycles. The van der Waals surface area contributed by atoms with E-state index < -0.39 is 6.10 Å². The van der Waals surface area contributed by atoms with Crippen LogP contribution in [0.5, 0.6) is 5.75 Å². The van der Waals surface area contributed by atoms with Crippen molar-refractivity contribution < 1.29 is 14.3 Å². The molecule has 1 N–H and O–H groups in total. The molecule has 1 unspecified atom stereocenters. The fourth-order valence-corrected chi connectivity index (χ4v) is 1.93. The molecule has 1 rings (SSSR count). The van der Waals surface area contributed by atoms with Gasteiger partial charge < -0.3 is 10.1 Å². The Morgan fingerprint density at radius 1 is 1.45 bits per heavy atom. The van der Waals surface area contributed by atoms with Gasteiger partial charge in [0.2, 0.25) is 0 Å². The number of hydrogen-bond acceptors (Lipinski definition) is 3. The number of unbranched alkanes of at least 4 members (excludes halogenated alkanes) is 2. The van der Waals surface area contributed by atoms with E-state index in [-0.39, 0.29) is 11.7 Å². The van der Waals surface area contributed by atoms with Gasteiger partial charge in [0.15, 0.2) is 12.4 Å². The Kier molecular flexibility index (Phi) is 7.09. The number of aldehydes is 1. The van der Waals surface area contributed by atoms with Crippen molar-refractivity contribution in [1.29, 1.82) is 0 Å². The molecule has 1 aromatic rings. The molecule has 0 aromatic heterocycles. The third kappa shape index (κ3) is 4.85. The zero-order valence-electron chi connectivity index (χ0n) is 11.8. The minimum Gasteiger partial charge on any atom is -0.479 e. The summed E-state index contributed by atoms with van der Waals surface area (Å²) in [5.74, 6) is 0.0400. The van der Waals surface area contributed by atoms with Crippen LogP contribution in [0.25, 0.3) is 0 Å². The largest absolute Gasteiger partial charge is 0.479 e. The van der Waals surface area contributed by atoms with E-state index in [0.29, 0.717) is 23.4 Å². The second-order valence-electron chi connectivity index (χ2n) is 4.53. The van der Waals surface area contributed by atoms with E-state index >= 15 is 0 Å². The van der Waals surface area contributed by atoms with Crippen molar-refractivity contribution in [3.8, 4) is 5.75 Å². The Morgan fingerprint density at radius 3 is 2.85 bits per heavy atom. The molecular formula is C15H20ClNO3. The van der Waals surface area contributed by atoms with Crippen LogP contribution in [0.3, 0.4) is 0 Å². The van der Waals surface area contributed by atoms with E-state index in [1.807, 2.05) is 0 Å². The highest BCUT2D eigenvalue weighted by Crippen LogP contribution is 2.28. The van der Waals surface area contributed by atoms with Crippen LogP contribution in [0, 0.1) is 0 Å². The van der Waals surface area contributed by atoms with Gasteiger partial charge in [-0.25, -0.2) is 0 Å². The van der Waals surface area contributed by atoms with E-state index in [1.54, 1.807) is 25.1 Å². The molecule has 1 aromatic carbocycles. The molecule has 20 heavy (non-hydrogen) atoms. The van der Waals surface area contributed by atoms with Crippen LogP contribution >= 0.6 is 11.6 Å². The van der Waals surface area contributed by atoms with Crippen LogP contribution in [-0.2, 0) is 4.79 Å². The summed E-state index contributed by atoms with van der Waals surface area (Å²) >= 11 is 5.99. The number of carbonyl (C=O) groups excluding carboxylic acids is 2. The number of halogens is 1. The lowest BCUT2D eigenvalue weighted by Crippen LogP contribution is -2.37. The van der Waals surface area contributed by atoms with Gasteiger partial charge in [-0.1, -0.05) is 37.4 Å². The molecule has 0 aliphatic rings. The van der Waals surface area contributed by atoms with Gasteiger partial charge in [-0.3, -0.25) is 9.59 Å². The average molecular weight is 298 g/mol. The Morgan fingerprint density at radius 2 is 2.20 bits per heavy atom. The molecule has 4 nitrogen and oxygen atoms in total. The van der Waals surface area contributed by atoms with Gasteiger partial charge in [-0.2, -0.15) is 0 Å². The third-order valence-electron chi connectivity index (χ3n) is 2.87. The van der Waals surface area contributed by atoms with E-state index in [9.17, 15) is 9.59 Å². The summed E-state index contributed by atoms with van der Waals surface area (Å²) in [5.41, 5.74) is 0.336. The molecule has 5 heteroatoms. The fourth-order valence-electron chi connectivity index (χ4n) is 1.70. The van der Waals surface area contributed by atoms with Crippen LogP contribution in [-0.4, -0.2) is 24.8 Å². The summed E-state index contributed by atoms with van der Waals surface area (Å²) in [7, 11) is 0. The predicted molar refractivity (Wildman–Crippen MR) is 79.5 cm³/mol. The maximum Gasteiger partial charge on any atom is 0.260 e. The molecule has 0 saturated carbocycles. The van der Waals surface area contributed by atoms with Crippen molar-refractivity contribution >= 4 is 23.8 Å². The average Bonchev–Trinajstić information content (AvgIpc) is 2.45. The first-order valence-electron chi connectivity index (χ1n) is 6.78. The second-order valence-corrected chi connectivity index (χ2v) is 4.94. The molecule has 1 amide bonds. The monoisotopic (exact) mass is 297 g/mol. The summed E-state index contributed by atoms with van der Waals surface area (Å²) in [6.07, 6.45) is 3.09. The summed E-state index contributed by atoms with van der Waals surface area (Å²) in [5, 5.41) is 3.12. The van der Waals surface area contributed by atoms with Gasteiger partial charge in [0, 0.05) is 6.54 Å². The maximum absolute atomic E-state index is 11.9. The topological polar surface area (TPSA) is 55.4 Å². The van der Waals surface area contributed by atoms with Gasteiger partial charge in [0.1, 0.15) is 5.75 Å². The second kappa shape index (κ2) is 8.59. The number of para-hydroxylation sites is 1. The smallest absolute Gasteiger partial charge is 0.260 e. The lowest BCUT2D eigenvalue weighted by atomic mass is 10.2. The van der Waals surface area contributed by atoms with E-state index in [2.05, 4.69) is 12.2 Å². The van der Waals surface area contributed by atoms with Crippen molar-refractivity contribution in [3.05, 3.63) is 28.8 Å². The standard InChI is InChI=1S/C15H20ClNO3/c1-3-4-5-9-17-15(19)11(2)20-14-12(10-18)7-6-8-13(14)16/h6-8,10-11H,3-5,9H2,1-2H3,(H,17,19). The van der Waals surface area contributed by atoms with Crippen LogP contribution in [0.4, 0.5) is 0 Å². The normalized spacial score (nSPS) is 11.8. The van der Waals surface area contributed by atoms with Gasteiger partial charge in [0.05, 0.1) is 10.6 Å². The molecule has 0 heterocycles. The van der Waals surface area contributed by atoms with Crippen LogP contribution in [0.15, 0.2) is 18.2 Å². The first-order valence-corrected chi connectivity index (χ1v) is 7.16. The Balaban J connectivity index is 2.59. The molecule has 0 spiro atoms. The zero-order chi connectivity index (χ0) is 15.0. The molecule has 0 saturated heterocycles. The van der Waals surface area contributed by atoms with Crippen molar-refractivity contribution in [1.82, 2.24) is 5.32 Å². The fraction of sp³-hybridized carbons (Fsp3) is 0.467. The zero-order valence-corrected chi connectivity index (χ0v) is 12.6. The number of amides is 1. The first-order chi connectivity index (χ1) is 9.60. The van der Waals surface area contributed by atoms with Crippen molar-refractivity contribution in [3.63, 3.8) is 0 Å². The minimum absolute atomic E-state index is 0.210. The highest BCUT2D eigenvalue weighted by atomic mass is 35.5. The molecule has 1 atom stereocenters. The molecule has 0 bridgehead atoms. The number of rotatable bonds is 8. The highest BCUT2D eigenvalue weighted by Gasteiger charge is 2.17. The number of benzene rings is 1. The number of hydrogen-bond donors (Lipinski definition) is 1. The number of carbonyl (C=O) groups is 2. The summed E-state index contributed by atoms with van der Waals surface area (Å²) in [6.45, 7) is 4.36. The van der Waals surface area contributed by atoms with Crippen molar-refractivity contribution in [2.45, 2.75) is 39.2 Å². The molecule has 0 aliphatic carbocycles. The Bertz CT molecular complexity index is 462. The van der Waals surface area contributed by atoms with E-state index in [0.717, 1.165) is 19.3 Å². The number of ether oxygens (including phenoxy) is 1. The van der Waals surface area contributed by atoms with Gasteiger partial charge in [-0.15, -0.1) is 0 Å². The van der Waals surface area contributed by atoms with Crippen LogP contribution < -0.4 is 10.1 Å². The summed E-state index contributed by atoms with van der Waals surface area (Å²) in [6, 6.07) is 4.88. The molecular weight excluding hydrogens is 278 g/mol. The Hall–Kier alpha value is -1.55. The predicted octanol–water partition coefficient (Wildman–Crippen LogP) is 3.23. The number of nitrogens with one attached hydrogen (secondary N) is 1.